The van der Waals surface area contributed by atoms with E-state index in [0.717, 1.165) is 0 Å². The van der Waals surface area contributed by atoms with Crippen molar-refractivity contribution in [3.8, 4) is 5.75 Å². The van der Waals surface area contributed by atoms with Crippen LogP contribution in [0.4, 0.5) is 4.39 Å². The minimum Gasteiger partial charge on any atom is -0.488 e. The number of carbonyl (C=O) groups excluding carboxylic acids is 1. The van der Waals surface area contributed by atoms with Crippen molar-refractivity contribution < 1.29 is 13.9 Å². The fourth-order valence-corrected chi connectivity index (χ4v) is 1.40. The van der Waals surface area contributed by atoms with Gasteiger partial charge in [0.05, 0.1) is 6.10 Å². The summed E-state index contributed by atoms with van der Waals surface area (Å²) in [5.74, 6) is -0.653. The number of benzene rings is 1. The maximum atomic E-state index is 13.7. The molecule has 0 aliphatic heterocycles. The fraction of sp³-hybridized carbons (Fsp3) is 0.500. The molecule has 1 aromatic rings. The summed E-state index contributed by atoms with van der Waals surface area (Å²) in [5.41, 5.74) is -0.0563. The van der Waals surface area contributed by atoms with Crippen molar-refractivity contribution in [2.75, 3.05) is 0 Å². The van der Waals surface area contributed by atoms with E-state index in [9.17, 15) is 9.18 Å². The molecule has 0 bridgehead atoms. The number of ether oxygens (including phenoxy) is 1. The summed E-state index contributed by atoms with van der Waals surface area (Å²) >= 11 is 0. The molecule has 0 heterocycles. The highest BCUT2D eigenvalue weighted by Gasteiger charge is 2.17. The molecule has 0 aliphatic rings. The Balaban J connectivity index is 2.87. The highest BCUT2D eigenvalue weighted by Crippen LogP contribution is 2.20. The van der Waals surface area contributed by atoms with E-state index in [-0.39, 0.29) is 23.3 Å². The number of halogens is 1. The van der Waals surface area contributed by atoms with Crippen molar-refractivity contribution in [3.05, 3.63) is 29.6 Å². The van der Waals surface area contributed by atoms with E-state index in [2.05, 4.69) is 5.32 Å². The van der Waals surface area contributed by atoms with Gasteiger partial charge >= 0.3 is 0 Å². The van der Waals surface area contributed by atoms with Gasteiger partial charge in [-0.25, -0.2) is 4.39 Å². The van der Waals surface area contributed by atoms with Crippen LogP contribution in [0.3, 0.4) is 0 Å². The van der Waals surface area contributed by atoms with Gasteiger partial charge in [0.1, 0.15) is 0 Å². The Hall–Kier alpha value is -1.58. The number of carbonyl (C=O) groups is 1. The van der Waals surface area contributed by atoms with Crippen molar-refractivity contribution in [1.29, 1.82) is 0 Å². The predicted octanol–water partition coefficient (Wildman–Crippen LogP) is 3.14. The molecule has 0 saturated heterocycles. The second-order valence-electron chi connectivity index (χ2n) is 5.52. The first-order valence-corrected chi connectivity index (χ1v) is 5.98. The largest absolute Gasteiger partial charge is 0.488 e. The molecule has 0 fully saturated rings. The molecule has 0 saturated carbocycles. The van der Waals surface area contributed by atoms with Crippen molar-refractivity contribution >= 4 is 5.91 Å². The summed E-state index contributed by atoms with van der Waals surface area (Å²) in [6, 6.07) is 4.23. The molecule has 0 aliphatic carbocycles. The molecule has 4 heteroatoms. The van der Waals surface area contributed by atoms with Gasteiger partial charge in [-0.3, -0.25) is 4.79 Å². The zero-order valence-electron chi connectivity index (χ0n) is 11.5. The molecule has 0 spiro atoms. The zero-order chi connectivity index (χ0) is 13.9. The third-order valence-electron chi connectivity index (χ3n) is 2.05. The van der Waals surface area contributed by atoms with Crippen LogP contribution in [0.15, 0.2) is 18.2 Å². The Morgan fingerprint density at radius 3 is 2.39 bits per heavy atom. The van der Waals surface area contributed by atoms with Crippen molar-refractivity contribution in [3.63, 3.8) is 0 Å². The summed E-state index contributed by atoms with van der Waals surface area (Å²) in [6.07, 6.45) is -0.103. The average molecular weight is 253 g/mol. The minimum atomic E-state index is -0.523. The Labute approximate surface area is 107 Å². The van der Waals surface area contributed by atoms with Crippen LogP contribution in [-0.2, 0) is 0 Å². The first-order chi connectivity index (χ1) is 8.19. The topological polar surface area (TPSA) is 38.3 Å². The summed E-state index contributed by atoms with van der Waals surface area (Å²) in [5, 5.41) is 2.78. The lowest BCUT2D eigenvalue weighted by molar-refractivity contribution is 0.0919. The van der Waals surface area contributed by atoms with Gasteiger partial charge in [-0.2, -0.15) is 0 Å². The van der Waals surface area contributed by atoms with E-state index in [1.165, 1.54) is 12.1 Å². The van der Waals surface area contributed by atoms with Gasteiger partial charge in [0.15, 0.2) is 11.6 Å². The highest BCUT2D eigenvalue weighted by molar-refractivity contribution is 5.94. The maximum Gasteiger partial charge on any atom is 0.251 e. The molecule has 0 atom stereocenters. The number of amides is 1. The number of rotatable bonds is 3. The molecular formula is C14H20FNO2. The highest BCUT2D eigenvalue weighted by atomic mass is 19.1. The van der Waals surface area contributed by atoms with Gasteiger partial charge in [-0.05, 0) is 52.8 Å². The molecule has 0 unspecified atom stereocenters. The quantitative estimate of drug-likeness (QED) is 0.898. The van der Waals surface area contributed by atoms with Crippen LogP contribution in [0.25, 0.3) is 0 Å². The Morgan fingerprint density at radius 1 is 1.33 bits per heavy atom. The first-order valence-electron chi connectivity index (χ1n) is 5.98. The predicted molar refractivity (Wildman–Crippen MR) is 69.4 cm³/mol. The number of hydrogen-bond acceptors (Lipinski definition) is 2. The monoisotopic (exact) mass is 253 g/mol. The van der Waals surface area contributed by atoms with Crippen molar-refractivity contribution in [2.24, 2.45) is 0 Å². The SMILES string of the molecule is CC(C)Oc1ccc(C(=O)NC(C)(C)C)cc1F. The smallest absolute Gasteiger partial charge is 0.251 e. The zero-order valence-corrected chi connectivity index (χ0v) is 11.5. The molecule has 100 valence electrons. The summed E-state index contributed by atoms with van der Waals surface area (Å²) in [4.78, 5) is 11.8. The van der Waals surface area contributed by atoms with Gasteiger partial charge in [0.25, 0.3) is 5.91 Å². The van der Waals surface area contributed by atoms with Crippen LogP contribution in [0.5, 0.6) is 5.75 Å². The summed E-state index contributed by atoms with van der Waals surface area (Å²) in [7, 11) is 0. The summed E-state index contributed by atoms with van der Waals surface area (Å²) in [6.45, 7) is 9.26. The Bertz CT molecular complexity index is 436. The van der Waals surface area contributed by atoms with Gasteiger partial charge in [-0.15, -0.1) is 0 Å². The van der Waals surface area contributed by atoms with Gasteiger partial charge in [0, 0.05) is 11.1 Å². The van der Waals surface area contributed by atoms with Crippen LogP contribution < -0.4 is 10.1 Å². The van der Waals surface area contributed by atoms with Gasteiger partial charge < -0.3 is 10.1 Å². The molecule has 1 amide bonds. The maximum absolute atomic E-state index is 13.7. The van der Waals surface area contributed by atoms with Crippen LogP contribution >= 0.6 is 0 Å². The van der Waals surface area contributed by atoms with Crippen molar-refractivity contribution in [1.82, 2.24) is 5.32 Å². The normalized spacial score (nSPS) is 11.5. The first kappa shape index (κ1) is 14.5. The van der Waals surface area contributed by atoms with E-state index in [1.807, 2.05) is 34.6 Å². The lowest BCUT2D eigenvalue weighted by Crippen LogP contribution is -2.40. The van der Waals surface area contributed by atoms with E-state index >= 15 is 0 Å². The van der Waals surface area contributed by atoms with E-state index in [0.29, 0.717) is 5.56 Å². The Kier molecular flexibility index (Phi) is 4.33. The van der Waals surface area contributed by atoms with E-state index in [1.54, 1.807) is 6.07 Å². The lowest BCUT2D eigenvalue weighted by atomic mass is 10.1. The van der Waals surface area contributed by atoms with Crippen LogP contribution in [0.2, 0.25) is 0 Å². The molecule has 18 heavy (non-hydrogen) atoms. The number of nitrogens with one attached hydrogen (secondary N) is 1. The van der Waals surface area contributed by atoms with Crippen LogP contribution in [0, 0.1) is 5.82 Å². The molecule has 1 rings (SSSR count). The van der Waals surface area contributed by atoms with Gasteiger partial charge in [-0.1, -0.05) is 0 Å². The molecule has 0 aromatic heterocycles. The minimum absolute atomic E-state index is 0.103. The van der Waals surface area contributed by atoms with E-state index < -0.39 is 5.82 Å². The molecule has 1 aromatic carbocycles. The molecule has 1 N–H and O–H groups in total. The van der Waals surface area contributed by atoms with Crippen LogP contribution in [-0.4, -0.2) is 17.6 Å². The average Bonchev–Trinajstić information content (AvgIpc) is 2.17. The third kappa shape index (κ3) is 4.35. The van der Waals surface area contributed by atoms with Gasteiger partial charge in [0.2, 0.25) is 0 Å². The summed E-state index contributed by atoms with van der Waals surface area (Å²) < 4.78 is 19.0. The second-order valence-corrected chi connectivity index (χ2v) is 5.52. The molecule has 3 nitrogen and oxygen atoms in total. The van der Waals surface area contributed by atoms with Crippen molar-refractivity contribution in [2.45, 2.75) is 46.3 Å². The Morgan fingerprint density at radius 2 is 1.94 bits per heavy atom. The molecule has 0 radical (unpaired) electrons. The molecular weight excluding hydrogens is 233 g/mol. The van der Waals surface area contributed by atoms with E-state index in [4.69, 9.17) is 4.74 Å². The lowest BCUT2D eigenvalue weighted by Gasteiger charge is -2.20. The standard InChI is InChI=1S/C14H20FNO2/c1-9(2)18-12-7-6-10(8-11(12)15)13(17)16-14(3,4)5/h6-9H,1-5H3,(H,16,17). The van der Waals surface area contributed by atoms with Crippen LogP contribution in [0.1, 0.15) is 45.0 Å². The third-order valence-corrected chi connectivity index (χ3v) is 2.05. The second kappa shape index (κ2) is 5.38. The number of hydrogen-bond donors (Lipinski definition) is 1. The fourth-order valence-electron chi connectivity index (χ4n) is 1.40.